The number of nitrogen functional groups attached to an aromatic ring is 1. The molecule has 0 aliphatic carbocycles. The molecule has 5 rings (SSSR count). The maximum atomic E-state index is 14.7. The van der Waals surface area contributed by atoms with Gasteiger partial charge in [-0.2, -0.15) is 10.1 Å². The monoisotopic (exact) mass is 361 g/mol. The van der Waals surface area contributed by atoms with Gasteiger partial charge >= 0.3 is 0 Å². The summed E-state index contributed by atoms with van der Waals surface area (Å²) in [4.78, 5) is 12.3. The van der Waals surface area contributed by atoms with Crippen LogP contribution in [0, 0.1) is 5.82 Å². The number of oxazole rings is 1. The van der Waals surface area contributed by atoms with Crippen molar-refractivity contribution in [3.63, 3.8) is 0 Å². The third-order valence-corrected chi connectivity index (χ3v) is 4.17. The first-order chi connectivity index (χ1) is 13.2. The molecule has 0 unspecified atom stereocenters. The number of hydrogen-bond donors (Lipinski definition) is 3. The molecule has 0 radical (unpaired) electrons. The summed E-state index contributed by atoms with van der Waals surface area (Å²) in [6.07, 6.45) is 1.33. The van der Waals surface area contributed by atoms with Crippen LogP contribution in [0.1, 0.15) is 0 Å². The van der Waals surface area contributed by atoms with Crippen LogP contribution in [0.4, 0.5) is 21.9 Å². The van der Waals surface area contributed by atoms with Gasteiger partial charge in [0, 0.05) is 5.56 Å². The highest BCUT2D eigenvalue weighted by Crippen LogP contribution is 2.31. The van der Waals surface area contributed by atoms with E-state index in [-0.39, 0.29) is 17.5 Å². The molecule has 0 spiro atoms. The number of H-pyrrole nitrogens is 1. The molecule has 0 saturated carbocycles. The summed E-state index contributed by atoms with van der Waals surface area (Å²) in [7, 11) is 0. The van der Waals surface area contributed by atoms with Crippen LogP contribution in [0.3, 0.4) is 0 Å². The summed E-state index contributed by atoms with van der Waals surface area (Å²) >= 11 is 0. The van der Waals surface area contributed by atoms with E-state index in [4.69, 9.17) is 10.2 Å². The van der Waals surface area contributed by atoms with Gasteiger partial charge in [0.2, 0.25) is 0 Å². The van der Waals surface area contributed by atoms with Crippen molar-refractivity contribution in [3.8, 4) is 11.3 Å². The first kappa shape index (κ1) is 15.3. The van der Waals surface area contributed by atoms with Crippen molar-refractivity contribution < 1.29 is 8.81 Å². The van der Waals surface area contributed by atoms with E-state index < -0.39 is 5.82 Å². The smallest absolute Gasteiger partial charge is 0.300 e. The molecule has 0 bridgehead atoms. The summed E-state index contributed by atoms with van der Waals surface area (Å²) in [5.41, 5.74) is 9.00. The Hall–Kier alpha value is -4.01. The number of hydrogen-bond acceptors (Lipinski definition) is 7. The van der Waals surface area contributed by atoms with Crippen molar-refractivity contribution in [1.29, 1.82) is 0 Å². The number of nitrogens with zero attached hydrogens (tertiary/aromatic N) is 4. The molecule has 0 fully saturated rings. The van der Waals surface area contributed by atoms with Crippen molar-refractivity contribution in [1.82, 2.24) is 25.1 Å². The third-order valence-electron chi connectivity index (χ3n) is 4.17. The number of benzene rings is 2. The van der Waals surface area contributed by atoms with Gasteiger partial charge in [-0.1, -0.05) is 18.2 Å². The van der Waals surface area contributed by atoms with Crippen molar-refractivity contribution in [3.05, 3.63) is 54.6 Å². The van der Waals surface area contributed by atoms with Crippen LogP contribution in [0.5, 0.6) is 0 Å². The maximum absolute atomic E-state index is 14.7. The average molecular weight is 361 g/mol. The highest BCUT2D eigenvalue weighted by molar-refractivity contribution is 5.97. The molecule has 0 atom stereocenters. The Morgan fingerprint density at radius 2 is 2.00 bits per heavy atom. The Morgan fingerprint density at radius 1 is 1.11 bits per heavy atom. The van der Waals surface area contributed by atoms with Gasteiger partial charge in [-0.05, 0) is 24.3 Å². The van der Waals surface area contributed by atoms with Gasteiger partial charge in [0.15, 0.2) is 11.2 Å². The molecule has 3 aromatic heterocycles. The van der Waals surface area contributed by atoms with E-state index in [0.717, 1.165) is 0 Å². The van der Waals surface area contributed by atoms with E-state index >= 15 is 0 Å². The second kappa shape index (κ2) is 5.77. The fourth-order valence-electron chi connectivity index (χ4n) is 2.90. The zero-order valence-corrected chi connectivity index (χ0v) is 13.8. The number of fused-ring (bicyclic) bond motifs is 2. The molecule has 9 heteroatoms. The lowest BCUT2D eigenvalue weighted by Gasteiger charge is -2.06. The summed E-state index contributed by atoms with van der Waals surface area (Å²) in [5.74, 6) is -0.203. The quantitative estimate of drug-likeness (QED) is 0.449. The van der Waals surface area contributed by atoms with Crippen LogP contribution in [0.15, 0.2) is 53.2 Å². The van der Waals surface area contributed by atoms with E-state index in [1.807, 2.05) is 18.2 Å². The zero-order valence-electron chi connectivity index (χ0n) is 13.8. The second-order valence-corrected chi connectivity index (χ2v) is 5.86. The predicted octanol–water partition coefficient (Wildman–Crippen LogP) is 3.63. The van der Waals surface area contributed by atoms with Crippen molar-refractivity contribution >= 4 is 39.7 Å². The van der Waals surface area contributed by atoms with Crippen LogP contribution in [0.2, 0.25) is 0 Å². The van der Waals surface area contributed by atoms with Crippen LogP contribution in [0.25, 0.3) is 33.4 Å². The van der Waals surface area contributed by atoms with Crippen molar-refractivity contribution in [2.45, 2.75) is 0 Å². The Morgan fingerprint density at radius 3 is 2.85 bits per heavy atom. The Labute approximate surface area is 151 Å². The topological polar surface area (TPSA) is 119 Å². The van der Waals surface area contributed by atoms with Crippen LogP contribution >= 0.6 is 0 Å². The number of rotatable bonds is 3. The minimum Gasteiger partial charge on any atom is -0.423 e. The van der Waals surface area contributed by atoms with Gasteiger partial charge in [0.1, 0.15) is 23.5 Å². The average Bonchev–Trinajstić information content (AvgIpc) is 3.27. The predicted molar refractivity (Wildman–Crippen MR) is 98.8 cm³/mol. The molecular weight excluding hydrogens is 349 g/mol. The lowest BCUT2D eigenvalue weighted by atomic mass is 10.1. The van der Waals surface area contributed by atoms with Crippen LogP contribution in [-0.4, -0.2) is 25.1 Å². The molecular formula is C18H12FN7O. The molecule has 132 valence electrons. The number of aromatic amines is 1. The highest BCUT2D eigenvalue weighted by atomic mass is 19.1. The lowest BCUT2D eigenvalue weighted by molar-refractivity contribution is 0.612. The molecule has 3 heterocycles. The Balaban J connectivity index is 1.51. The minimum atomic E-state index is -0.479. The van der Waals surface area contributed by atoms with Gasteiger partial charge in [0.25, 0.3) is 6.01 Å². The van der Waals surface area contributed by atoms with Crippen molar-refractivity contribution in [2.24, 2.45) is 0 Å². The molecule has 0 aliphatic heterocycles. The Bertz CT molecular complexity index is 1260. The number of para-hydroxylation sites is 2. The first-order valence-corrected chi connectivity index (χ1v) is 8.06. The van der Waals surface area contributed by atoms with E-state index in [0.29, 0.717) is 33.4 Å². The molecule has 4 N–H and O–H groups in total. The molecule has 8 nitrogen and oxygen atoms in total. The molecule has 0 aliphatic rings. The summed E-state index contributed by atoms with van der Waals surface area (Å²) in [6, 6.07) is 12.2. The fraction of sp³-hybridized carbons (Fsp3) is 0. The van der Waals surface area contributed by atoms with Crippen LogP contribution < -0.4 is 11.1 Å². The summed E-state index contributed by atoms with van der Waals surface area (Å²) < 4.78 is 20.2. The normalized spacial score (nSPS) is 11.3. The van der Waals surface area contributed by atoms with Gasteiger partial charge in [-0.25, -0.2) is 14.4 Å². The second-order valence-electron chi connectivity index (χ2n) is 5.86. The standard InChI is InChI=1S/C18H12FN7O/c19-10-7-9(15-14-16(20)21-8-22-17(14)26-25-15)5-6-11(10)23-18-24-12-3-1-2-4-13(12)27-18/h1-8H,(H,23,24)(H3,20,21,22,25,26). The van der Waals surface area contributed by atoms with E-state index in [9.17, 15) is 4.39 Å². The molecule has 27 heavy (non-hydrogen) atoms. The van der Waals surface area contributed by atoms with Gasteiger partial charge in [0.05, 0.1) is 16.8 Å². The van der Waals surface area contributed by atoms with Crippen LogP contribution in [-0.2, 0) is 0 Å². The highest BCUT2D eigenvalue weighted by Gasteiger charge is 2.15. The van der Waals surface area contributed by atoms with Crippen molar-refractivity contribution in [2.75, 3.05) is 11.1 Å². The Kier molecular flexibility index (Phi) is 3.26. The number of nitrogens with one attached hydrogen (secondary N) is 2. The summed E-state index contributed by atoms with van der Waals surface area (Å²) in [5, 5.41) is 10.3. The third kappa shape index (κ3) is 2.53. The molecule has 2 aromatic carbocycles. The maximum Gasteiger partial charge on any atom is 0.300 e. The SMILES string of the molecule is Nc1ncnc2n[nH]c(-c3ccc(Nc4nc5ccccc5o4)c(F)c3)c12. The number of nitrogens with two attached hydrogens (primary N) is 1. The number of halogens is 1. The zero-order chi connectivity index (χ0) is 18.4. The first-order valence-electron chi connectivity index (χ1n) is 8.06. The van der Waals surface area contributed by atoms with Gasteiger partial charge in [-0.15, -0.1) is 0 Å². The summed E-state index contributed by atoms with van der Waals surface area (Å²) in [6.45, 7) is 0. The number of anilines is 3. The number of aromatic nitrogens is 5. The van der Waals surface area contributed by atoms with E-state index in [2.05, 4.69) is 30.5 Å². The largest absolute Gasteiger partial charge is 0.423 e. The van der Waals surface area contributed by atoms with Gasteiger partial charge < -0.3 is 15.5 Å². The minimum absolute atomic E-state index is 0.215. The lowest BCUT2D eigenvalue weighted by Crippen LogP contribution is -1.95. The molecule has 0 amide bonds. The van der Waals surface area contributed by atoms with E-state index in [1.165, 1.54) is 12.4 Å². The molecule has 0 saturated heterocycles. The van der Waals surface area contributed by atoms with E-state index in [1.54, 1.807) is 18.2 Å². The molecule has 5 aromatic rings. The fourth-order valence-corrected chi connectivity index (χ4v) is 2.90. The van der Waals surface area contributed by atoms with Gasteiger partial charge in [-0.3, -0.25) is 5.10 Å².